The summed E-state index contributed by atoms with van der Waals surface area (Å²) >= 11 is 0. The highest BCUT2D eigenvalue weighted by Crippen LogP contribution is 2.36. The fraction of sp³-hybridized carbons (Fsp3) is 0.714. The van der Waals surface area contributed by atoms with E-state index in [1.807, 2.05) is 56.8 Å². The number of aryl methyl sites for hydroxylation is 3. The third-order valence-corrected chi connectivity index (χ3v) is 8.29. The van der Waals surface area contributed by atoms with Crippen molar-refractivity contribution in [1.82, 2.24) is 14.1 Å². The molecule has 0 spiro atoms. The molecule has 0 saturated carbocycles. The SMILES string of the molecule is Cc1cc(C)c(S(=O)(=O)N2CCC(N3CC(F)(F)C[C@H]3CN(C)C)CC2)c(C)c1. The van der Waals surface area contributed by atoms with Gasteiger partial charge in [0.15, 0.2) is 0 Å². The normalized spacial score (nSPS) is 24.5. The van der Waals surface area contributed by atoms with Crippen LogP contribution in [0.2, 0.25) is 0 Å². The van der Waals surface area contributed by atoms with Gasteiger partial charge in [-0.2, -0.15) is 4.31 Å². The first-order valence-corrected chi connectivity index (χ1v) is 11.7. The van der Waals surface area contributed by atoms with Crippen molar-refractivity contribution in [3.05, 3.63) is 28.8 Å². The average Bonchev–Trinajstić information content (AvgIpc) is 2.87. The molecule has 2 saturated heterocycles. The van der Waals surface area contributed by atoms with Crippen molar-refractivity contribution in [2.24, 2.45) is 0 Å². The van der Waals surface area contributed by atoms with E-state index in [0.717, 1.165) is 16.7 Å². The van der Waals surface area contributed by atoms with Crippen LogP contribution >= 0.6 is 0 Å². The van der Waals surface area contributed by atoms with Gasteiger partial charge >= 0.3 is 0 Å². The van der Waals surface area contributed by atoms with Crippen LogP contribution in [0.15, 0.2) is 17.0 Å². The highest BCUT2D eigenvalue weighted by molar-refractivity contribution is 7.89. The molecule has 0 amide bonds. The van der Waals surface area contributed by atoms with Gasteiger partial charge in [-0.25, -0.2) is 17.2 Å². The third-order valence-electron chi connectivity index (χ3n) is 6.09. The first-order chi connectivity index (χ1) is 13.4. The Hall–Kier alpha value is -1.09. The van der Waals surface area contributed by atoms with Gasteiger partial charge in [0, 0.05) is 38.1 Å². The van der Waals surface area contributed by atoms with Crippen LogP contribution in [-0.4, -0.2) is 80.8 Å². The molecule has 0 aromatic heterocycles. The van der Waals surface area contributed by atoms with E-state index in [0.29, 0.717) is 37.4 Å². The van der Waals surface area contributed by atoms with Crippen molar-refractivity contribution in [1.29, 1.82) is 0 Å². The Morgan fingerprint density at radius 1 is 1.10 bits per heavy atom. The van der Waals surface area contributed by atoms with Crippen molar-refractivity contribution < 1.29 is 17.2 Å². The Labute approximate surface area is 173 Å². The minimum absolute atomic E-state index is 0.0000123. The predicted molar refractivity (Wildman–Crippen MR) is 111 cm³/mol. The van der Waals surface area contributed by atoms with Crippen LogP contribution < -0.4 is 0 Å². The van der Waals surface area contributed by atoms with Crippen molar-refractivity contribution in [3.8, 4) is 0 Å². The molecule has 0 N–H and O–H groups in total. The number of likely N-dealkylation sites (tertiary alicyclic amines) is 1. The number of rotatable bonds is 5. The molecule has 164 valence electrons. The lowest BCUT2D eigenvalue weighted by Crippen LogP contribution is -2.50. The number of nitrogens with zero attached hydrogens (tertiary/aromatic N) is 3. The summed E-state index contributed by atoms with van der Waals surface area (Å²) in [4.78, 5) is 4.26. The molecule has 8 heteroatoms. The lowest BCUT2D eigenvalue weighted by molar-refractivity contribution is 0.00468. The first-order valence-electron chi connectivity index (χ1n) is 10.3. The molecule has 2 heterocycles. The molecule has 3 rings (SSSR count). The molecule has 5 nitrogen and oxygen atoms in total. The average molecular weight is 430 g/mol. The Morgan fingerprint density at radius 2 is 1.66 bits per heavy atom. The van der Waals surface area contributed by atoms with Gasteiger partial charge in [-0.1, -0.05) is 17.7 Å². The summed E-state index contributed by atoms with van der Waals surface area (Å²) in [5, 5.41) is 0. The quantitative estimate of drug-likeness (QED) is 0.722. The molecule has 2 fully saturated rings. The number of halogens is 2. The summed E-state index contributed by atoms with van der Waals surface area (Å²) in [6.07, 6.45) is 1.05. The molecule has 0 aliphatic carbocycles. The molecule has 1 atom stereocenters. The number of sulfonamides is 1. The van der Waals surface area contributed by atoms with Crippen LogP contribution in [0.5, 0.6) is 0 Å². The van der Waals surface area contributed by atoms with Gasteiger partial charge in [0.1, 0.15) is 0 Å². The molecule has 0 unspecified atom stereocenters. The van der Waals surface area contributed by atoms with E-state index in [1.165, 1.54) is 4.31 Å². The van der Waals surface area contributed by atoms with Crippen LogP contribution in [0, 0.1) is 20.8 Å². The Morgan fingerprint density at radius 3 is 2.17 bits per heavy atom. The van der Waals surface area contributed by atoms with Crippen molar-refractivity contribution in [2.45, 2.75) is 62.9 Å². The molecule has 2 aliphatic heterocycles. The maximum absolute atomic E-state index is 14.1. The first kappa shape index (κ1) is 22.6. The summed E-state index contributed by atoms with van der Waals surface area (Å²) in [6, 6.07) is 3.60. The van der Waals surface area contributed by atoms with Crippen LogP contribution in [0.3, 0.4) is 0 Å². The number of piperidine rings is 1. The number of benzene rings is 1. The Balaban J connectivity index is 1.73. The minimum atomic E-state index is -3.58. The predicted octanol–water partition coefficient (Wildman–Crippen LogP) is 3.04. The summed E-state index contributed by atoms with van der Waals surface area (Å²) in [6.45, 7) is 6.73. The fourth-order valence-corrected chi connectivity index (χ4v) is 6.94. The maximum atomic E-state index is 14.1. The van der Waals surface area contributed by atoms with E-state index >= 15 is 0 Å². The van der Waals surface area contributed by atoms with E-state index in [-0.39, 0.29) is 25.0 Å². The molecule has 29 heavy (non-hydrogen) atoms. The topological polar surface area (TPSA) is 43.9 Å². The largest absolute Gasteiger partial charge is 0.308 e. The lowest BCUT2D eigenvalue weighted by Gasteiger charge is -2.39. The second kappa shape index (κ2) is 8.21. The number of hydrogen-bond donors (Lipinski definition) is 0. The van der Waals surface area contributed by atoms with Crippen LogP contribution in [0.4, 0.5) is 8.78 Å². The van der Waals surface area contributed by atoms with Crippen LogP contribution in [0.25, 0.3) is 0 Å². The fourth-order valence-electron chi connectivity index (χ4n) is 5.06. The monoisotopic (exact) mass is 429 g/mol. The molecule has 1 aromatic carbocycles. The van der Waals surface area contributed by atoms with Gasteiger partial charge < -0.3 is 4.90 Å². The van der Waals surface area contributed by atoms with E-state index < -0.39 is 15.9 Å². The zero-order chi connectivity index (χ0) is 21.6. The summed E-state index contributed by atoms with van der Waals surface area (Å²) in [5.41, 5.74) is 2.56. The number of hydrogen-bond acceptors (Lipinski definition) is 4. The van der Waals surface area contributed by atoms with E-state index in [9.17, 15) is 17.2 Å². The van der Waals surface area contributed by atoms with E-state index in [4.69, 9.17) is 0 Å². The van der Waals surface area contributed by atoms with Gasteiger partial charge in [0.05, 0.1) is 11.4 Å². The van der Waals surface area contributed by atoms with Gasteiger partial charge in [0.25, 0.3) is 5.92 Å². The zero-order valence-corrected chi connectivity index (χ0v) is 18.9. The van der Waals surface area contributed by atoms with Crippen molar-refractivity contribution >= 4 is 10.0 Å². The van der Waals surface area contributed by atoms with Gasteiger partial charge in [-0.05, 0) is 58.8 Å². The summed E-state index contributed by atoms with van der Waals surface area (Å²) < 4.78 is 56.2. The van der Waals surface area contributed by atoms with Gasteiger partial charge in [0.2, 0.25) is 10.0 Å². The molecule has 1 aromatic rings. The van der Waals surface area contributed by atoms with Gasteiger partial charge in [-0.15, -0.1) is 0 Å². The molecular weight excluding hydrogens is 396 g/mol. The smallest absolute Gasteiger partial charge is 0.262 e. The zero-order valence-electron chi connectivity index (χ0n) is 18.1. The molecule has 0 radical (unpaired) electrons. The number of likely N-dealkylation sites (N-methyl/N-ethyl adjacent to an activating group) is 1. The van der Waals surface area contributed by atoms with Crippen LogP contribution in [-0.2, 0) is 10.0 Å². The maximum Gasteiger partial charge on any atom is 0.262 e. The summed E-state index contributed by atoms with van der Waals surface area (Å²) in [5.74, 6) is -2.67. The van der Waals surface area contributed by atoms with E-state index in [2.05, 4.69) is 0 Å². The van der Waals surface area contributed by atoms with Crippen molar-refractivity contribution in [3.63, 3.8) is 0 Å². The Bertz CT molecular complexity index is 826. The summed E-state index contributed by atoms with van der Waals surface area (Å²) in [7, 11) is 0.214. The molecular formula is C21H33F2N3O2S. The third kappa shape index (κ3) is 4.81. The highest BCUT2D eigenvalue weighted by atomic mass is 32.2. The molecule has 2 aliphatic rings. The second-order valence-electron chi connectivity index (χ2n) is 9.01. The molecule has 0 bridgehead atoms. The van der Waals surface area contributed by atoms with E-state index in [1.54, 1.807) is 0 Å². The minimum Gasteiger partial charge on any atom is -0.308 e. The second-order valence-corrected chi connectivity index (χ2v) is 10.9. The standard InChI is InChI=1S/C21H33F2N3O2S/c1-15-10-16(2)20(17(3)11-15)29(27,28)25-8-6-18(7-9-25)26-14-21(22,23)12-19(26)13-24(4)5/h10-11,18-19H,6-9,12-14H2,1-5H3/t19-/m0/s1. The number of alkyl halides is 2. The van der Waals surface area contributed by atoms with Gasteiger partial charge in [-0.3, -0.25) is 4.90 Å². The van der Waals surface area contributed by atoms with Crippen molar-refractivity contribution in [2.75, 3.05) is 40.3 Å². The Kier molecular flexibility index (Phi) is 6.40. The lowest BCUT2D eigenvalue weighted by atomic mass is 10.0. The highest BCUT2D eigenvalue weighted by Gasteiger charge is 2.48. The van der Waals surface area contributed by atoms with Crippen LogP contribution in [0.1, 0.15) is 36.0 Å².